The molecule has 3 aromatic rings. The lowest BCUT2D eigenvalue weighted by Gasteiger charge is -2.10. The van der Waals surface area contributed by atoms with E-state index in [4.69, 9.17) is 5.73 Å². The summed E-state index contributed by atoms with van der Waals surface area (Å²) in [5.41, 5.74) is 11.7. The van der Waals surface area contributed by atoms with E-state index < -0.39 is 0 Å². The van der Waals surface area contributed by atoms with E-state index in [0.717, 1.165) is 33.8 Å². The number of nitrogens with zero attached hydrogens (tertiary/aromatic N) is 5. The number of hydrogen-bond donors (Lipinski definition) is 1. The third-order valence-corrected chi connectivity index (χ3v) is 4.07. The summed E-state index contributed by atoms with van der Waals surface area (Å²) in [7, 11) is 3.84. The summed E-state index contributed by atoms with van der Waals surface area (Å²) in [5.74, 6) is 0.242. The molecule has 0 aliphatic rings. The number of nitriles is 1. The summed E-state index contributed by atoms with van der Waals surface area (Å²) in [5, 5.41) is 14.0. The number of pyridine rings is 1. The van der Waals surface area contributed by atoms with Crippen molar-refractivity contribution in [3.8, 4) is 28.5 Å². The lowest BCUT2D eigenvalue weighted by molar-refractivity contribution is 0.731. The van der Waals surface area contributed by atoms with Crippen LogP contribution in [0.5, 0.6) is 0 Å². The molecule has 0 saturated carbocycles. The molecule has 0 saturated heterocycles. The Morgan fingerprint density at radius 3 is 2.52 bits per heavy atom. The van der Waals surface area contributed by atoms with Crippen molar-refractivity contribution < 1.29 is 0 Å². The zero-order chi connectivity index (χ0) is 16.7. The molecule has 6 heteroatoms. The van der Waals surface area contributed by atoms with E-state index in [-0.39, 0.29) is 5.82 Å². The van der Waals surface area contributed by atoms with Gasteiger partial charge in [0.15, 0.2) is 0 Å². The minimum Gasteiger partial charge on any atom is -0.383 e. The van der Waals surface area contributed by atoms with Gasteiger partial charge in [0.2, 0.25) is 0 Å². The van der Waals surface area contributed by atoms with Gasteiger partial charge in [0.05, 0.1) is 11.4 Å². The number of aromatic nitrogens is 4. The third kappa shape index (κ3) is 2.36. The number of anilines is 1. The highest BCUT2D eigenvalue weighted by molar-refractivity contribution is 5.82. The van der Waals surface area contributed by atoms with Crippen molar-refractivity contribution >= 4 is 5.82 Å². The topological polar surface area (TPSA) is 85.4 Å². The fourth-order valence-corrected chi connectivity index (χ4v) is 2.85. The SMILES string of the molecule is Cc1nn(C)c(C)c1-c1cc(-c2ccn(C)c2)nc(N)c1C#N. The molecule has 3 heterocycles. The van der Waals surface area contributed by atoms with Crippen LogP contribution in [0.3, 0.4) is 0 Å². The average molecular weight is 306 g/mol. The monoisotopic (exact) mass is 306 g/mol. The maximum atomic E-state index is 9.51. The van der Waals surface area contributed by atoms with Gasteiger partial charge in [-0.1, -0.05) is 0 Å². The largest absolute Gasteiger partial charge is 0.383 e. The molecule has 3 rings (SSSR count). The van der Waals surface area contributed by atoms with Gasteiger partial charge in [0.25, 0.3) is 0 Å². The van der Waals surface area contributed by atoms with Crippen molar-refractivity contribution in [2.24, 2.45) is 14.1 Å². The van der Waals surface area contributed by atoms with Gasteiger partial charge in [-0.15, -0.1) is 0 Å². The maximum absolute atomic E-state index is 9.51. The standard InChI is InChI=1S/C17H18N6/c1-10-16(11(2)23(4)21-10)13-7-15(12-5-6-22(3)9-12)20-17(19)14(13)8-18/h5-7,9H,1-4H3,(H2,19,20). The zero-order valence-electron chi connectivity index (χ0n) is 13.6. The van der Waals surface area contributed by atoms with Crippen LogP contribution in [0.4, 0.5) is 5.82 Å². The summed E-state index contributed by atoms with van der Waals surface area (Å²) in [6.45, 7) is 3.91. The lowest BCUT2D eigenvalue weighted by Crippen LogP contribution is -2.00. The first kappa shape index (κ1) is 14.9. The van der Waals surface area contributed by atoms with Crippen molar-refractivity contribution in [1.82, 2.24) is 19.3 Å². The van der Waals surface area contributed by atoms with Crippen molar-refractivity contribution in [2.45, 2.75) is 13.8 Å². The Morgan fingerprint density at radius 2 is 2.00 bits per heavy atom. The first-order valence-corrected chi connectivity index (χ1v) is 7.26. The molecule has 0 spiro atoms. The molecule has 0 bridgehead atoms. The van der Waals surface area contributed by atoms with E-state index >= 15 is 0 Å². The van der Waals surface area contributed by atoms with E-state index in [1.54, 1.807) is 0 Å². The zero-order valence-corrected chi connectivity index (χ0v) is 13.6. The van der Waals surface area contributed by atoms with Crippen molar-refractivity contribution in [2.75, 3.05) is 5.73 Å². The quantitative estimate of drug-likeness (QED) is 0.788. The van der Waals surface area contributed by atoms with Gasteiger partial charge in [0, 0.05) is 48.9 Å². The van der Waals surface area contributed by atoms with Gasteiger partial charge in [-0.05, 0) is 26.0 Å². The summed E-state index contributed by atoms with van der Waals surface area (Å²) < 4.78 is 3.76. The normalized spacial score (nSPS) is 10.7. The Kier molecular flexibility index (Phi) is 3.41. The molecule has 0 atom stereocenters. The van der Waals surface area contributed by atoms with Crippen molar-refractivity contribution in [3.63, 3.8) is 0 Å². The highest BCUT2D eigenvalue weighted by Gasteiger charge is 2.19. The van der Waals surface area contributed by atoms with Gasteiger partial charge in [-0.2, -0.15) is 10.4 Å². The second-order valence-electron chi connectivity index (χ2n) is 5.66. The second kappa shape index (κ2) is 5.29. The van der Waals surface area contributed by atoms with Crippen LogP contribution in [0.15, 0.2) is 24.5 Å². The Labute approximate surface area is 134 Å². The van der Waals surface area contributed by atoms with Crippen LogP contribution in [0, 0.1) is 25.2 Å². The van der Waals surface area contributed by atoms with Crippen LogP contribution in [0.1, 0.15) is 17.0 Å². The summed E-state index contributed by atoms with van der Waals surface area (Å²) in [6, 6.07) is 6.07. The highest BCUT2D eigenvalue weighted by Crippen LogP contribution is 2.34. The molecule has 0 aliphatic heterocycles. The van der Waals surface area contributed by atoms with Gasteiger partial charge >= 0.3 is 0 Å². The molecule has 2 N–H and O–H groups in total. The van der Waals surface area contributed by atoms with E-state index in [1.807, 2.05) is 61.7 Å². The molecular weight excluding hydrogens is 288 g/mol. The fraction of sp³-hybridized carbons (Fsp3) is 0.235. The van der Waals surface area contributed by atoms with E-state index in [0.29, 0.717) is 5.56 Å². The van der Waals surface area contributed by atoms with Crippen LogP contribution in [0.25, 0.3) is 22.4 Å². The molecule has 0 aliphatic carbocycles. The number of nitrogens with two attached hydrogens (primary N) is 1. The number of hydrogen-bond acceptors (Lipinski definition) is 4. The Hall–Kier alpha value is -3.07. The van der Waals surface area contributed by atoms with Crippen LogP contribution in [0.2, 0.25) is 0 Å². The van der Waals surface area contributed by atoms with Crippen LogP contribution >= 0.6 is 0 Å². The molecule has 0 fully saturated rings. The molecule has 0 amide bonds. The number of nitrogen functional groups attached to an aromatic ring is 1. The number of aryl methyl sites for hydroxylation is 3. The Bertz CT molecular complexity index is 939. The molecule has 3 aromatic heterocycles. The molecule has 0 unspecified atom stereocenters. The number of rotatable bonds is 2. The summed E-state index contributed by atoms with van der Waals surface area (Å²) >= 11 is 0. The predicted octanol–water partition coefficient (Wildman–Crippen LogP) is 2.56. The molecule has 0 aromatic carbocycles. The molecular formula is C17H18N6. The molecule has 0 radical (unpaired) electrons. The van der Waals surface area contributed by atoms with Gasteiger partial charge in [-0.25, -0.2) is 4.98 Å². The maximum Gasteiger partial charge on any atom is 0.142 e. The second-order valence-corrected chi connectivity index (χ2v) is 5.66. The summed E-state index contributed by atoms with van der Waals surface area (Å²) in [6.07, 6.45) is 3.92. The van der Waals surface area contributed by atoms with E-state index in [1.165, 1.54) is 0 Å². The van der Waals surface area contributed by atoms with Gasteiger partial charge in [-0.3, -0.25) is 4.68 Å². The van der Waals surface area contributed by atoms with Crippen LogP contribution < -0.4 is 5.73 Å². The summed E-state index contributed by atoms with van der Waals surface area (Å²) in [4.78, 5) is 4.39. The van der Waals surface area contributed by atoms with E-state index in [9.17, 15) is 5.26 Å². The minimum absolute atomic E-state index is 0.242. The average Bonchev–Trinajstić information content (AvgIpc) is 3.03. The predicted molar refractivity (Wildman–Crippen MR) is 89.4 cm³/mol. The third-order valence-electron chi connectivity index (χ3n) is 4.07. The lowest BCUT2D eigenvalue weighted by atomic mass is 9.97. The smallest absolute Gasteiger partial charge is 0.142 e. The first-order valence-electron chi connectivity index (χ1n) is 7.26. The fourth-order valence-electron chi connectivity index (χ4n) is 2.85. The molecule has 6 nitrogen and oxygen atoms in total. The van der Waals surface area contributed by atoms with Gasteiger partial charge < -0.3 is 10.3 Å². The van der Waals surface area contributed by atoms with Crippen molar-refractivity contribution in [1.29, 1.82) is 5.26 Å². The van der Waals surface area contributed by atoms with E-state index in [2.05, 4.69) is 16.2 Å². The molecule has 116 valence electrons. The van der Waals surface area contributed by atoms with Gasteiger partial charge in [0.1, 0.15) is 17.5 Å². The minimum atomic E-state index is 0.242. The highest BCUT2D eigenvalue weighted by atomic mass is 15.3. The Balaban J connectivity index is 2.31. The first-order chi connectivity index (χ1) is 10.9. The van der Waals surface area contributed by atoms with Crippen molar-refractivity contribution in [3.05, 3.63) is 41.5 Å². The molecule has 23 heavy (non-hydrogen) atoms. The Morgan fingerprint density at radius 1 is 1.26 bits per heavy atom. The van der Waals surface area contributed by atoms with Crippen LogP contribution in [-0.4, -0.2) is 19.3 Å². The van der Waals surface area contributed by atoms with Crippen LogP contribution in [-0.2, 0) is 14.1 Å².